The maximum Gasteiger partial charge on any atom is 0.287 e. The average Bonchev–Trinajstić information content (AvgIpc) is 3.52. The van der Waals surface area contributed by atoms with Crippen LogP contribution in [-0.4, -0.2) is 15.9 Å². The van der Waals surface area contributed by atoms with E-state index in [4.69, 9.17) is 14.4 Å². The Morgan fingerprint density at radius 3 is 2.72 bits per heavy atom. The molecular weight excluding hydrogens is 404 g/mol. The molecule has 0 spiro atoms. The highest BCUT2D eigenvalue weighted by Gasteiger charge is 2.20. The number of amides is 1. The molecule has 32 heavy (non-hydrogen) atoms. The second-order valence-electron chi connectivity index (χ2n) is 7.15. The van der Waals surface area contributed by atoms with E-state index in [2.05, 4.69) is 21.4 Å². The van der Waals surface area contributed by atoms with Crippen LogP contribution in [0.5, 0.6) is 5.75 Å². The Balaban J connectivity index is 1.40. The highest BCUT2D eigenvalue weighted by molar-refractivity contribution is 5.91. The van der Waals surface area contributed by atoms with Gasteiger partial charge in [-0.1, -0.05) is 49.4 Å². The number of aromatic amines is 1. The summed E-state index contributed by atoms with van der Waals surface area (Å²) < 4.78 is 11.3. The first kappa shape index (κ1) is 20.9. The van der Waals surface area contributed by atoms with Gasteiger partial charge in [0.25, 0.3) is 5.91 Å². The van der Waals surface area contributed by atoms with E-state index in [1.165, 1.54) is 0 Å². The van der Waals surface area contributed by atoms with Gasteiger partial charge in [0, 0.05) is 0 Å². The van der Waals surface area contributed by atoms with Gasteiger partial charge < -0.3 is 19.5 Å². The van der Waals surface area contributed by atoms with Gasteiger partial charge in [0.2, 0.25) is 0 Å². The summed E-state index contributed by atoms with van der Waals surface area (Å²) in [5.41, 5.74) is 2.36. The molecule has 0 radical (unpaired) electrons. The van der Waals surface area contributed by atoms with Crippen LogP contribution in [0, 0.1) is 11.3 Å². The van der Waals surface area contributed by atoms with Crippen molar-refractivity contribution in [1.29, 1.82) is 5.26 Å². The third-order valence-electron chi connectivity index (χ3n) is 4.99. The van der Waals surface area contributed by atoms with Crippen LogP contribution >= 0.6 is 0 Å². The summed E-state index contributed by atoms with van der Waals surface area (Å²) in [7, 11) is 0. The summed E-state index contributed by atoms with van der Waals surface area (Å²) >= 11 is 0. The summed E-state index contributed by atoms with van der Waals surface area (Å²) in [6.07, 6.45) is 2.43. The van der Waals surface area contributed by atoms with E-state index >= 15 is 0 Å². The molecule has 7 heteroatoms. The van der Waals surface area contributed by atoms with Crippen LogP contribution in [-0.2, 0) is 6.61 Å². The average molecular weight is 426 g/mol. The number of aromatic nitrogens is 2. The highest BCUT2D eigenvalue weighted by atomic mass is 16.5. The molecule has 1 atom stereocenters. The molecule has 0 fully saturated rings. The quantitative estimate of drug-likeness (QED) is 0.412. The fourth-order valence-electron chi connectivity index (χ4n) is 3.28. The van der Waals surface area contributed by atoms with E-state index in [1.807, 2.05) is 37.3 Å². The van der Waals surface area contributed by atoms with E-state index in [-0.39, 0.29) is 24.3 Å². The number of nitrogens with one attached hydrogen (secondary N) is 2. The van der Waals surface area contributed by atoms with E-state index in [0.717, 1.165) is 11.3 Å². The first-order valence-corrected chi connectivity index (χ1v) is 10.3. The Kier molecular flexibility index (Phi) is 6.33. The number of hydrogen-bond donors (Lipinski definition) is 2. The lowest BCUT2D eigenvalue weighted by Gasteiger charge is -2.13. The number of imidazole rings is 1. The van der Waals surface area contributed by atoms with Crippen molar-refractivity contribution in [2.75, 3.05) is 0 Å². The number of benzene rings is 2. The molecule has 0 aliphatic carbocycles. The van der Waals surface area contributed by atoms with Crippen molar-refractivity contribution >= 4 is 5.91 Å². The largest absolute Gasteiger partial charge is 0.484 e. The minimum Gasteiger partial charge on any atom is -0.484 e. The summed E-state index contributed by atoms with van der Waals surface area (Å²) in [5, 5.41) is 12.1. The Morgan fingerprint density at radius 1 is 1.16 bits per heavy atom. The molecule has 160 valence electrons. The first-order chi connectivity index (χ1) is 15.7. The zero-order chi connectivity index (χ0) is 22.3. The molecule has 2 heterocycles. The molecule has 0 bridgehead atoms. The van der Waals surface area contributed by atoms with Crippen molar-refractivity contribution < 1.29 is 13.9 Å². The topological polar surface area (TPSA) is 104 Å². The number of carbonyl (C=O) groups excluding carboxylic acids is 1. The molecule has 4 rings (SSSR count). The van der Waals surface area contributed by atoms with E-state index in [1.54, 1.807) is 42.6 Å². The highest BCUT2D eigenvalue weighted by Crippen LogP contribution is 2.22. The van der Waals surface area contributed by atoms with E-state index in [0.29, 0.717) is 29.3 Å². The Bertz CT molecular complexity index is 1240. The lowest BCUT2D eigenvalue weighted by atomic mass is 10.2. The number of H-pyrrole nitrogens is 1. The van der Waals surface area contributed by atoms with Gasteiger partial charge in [0.1, 0.15) is 30.0 Å². The lowest BCUT2D eigenvalue weighted by Crippen LogP contribution is -2.28. The normalized spacial score (nSPS) is 11.5. The summed E-state index contributed by atoms with van der Waals surface area (Å²) in [6.45, 7) is 2.09. The molecule has 0 aliphatic rings. The Hall–Kier alpha value is -4.31. The van der Waals surface area contributed by atoms with Gasteiger partial charge in [-0.15, -0.1) is 0 Å². The van der Waals surface area contributed by atoms with Crippen LogP contribution in [0.3, 0.4) is 0 Å². The smallest absolute Gasteiger partial charge is 0.287 e. The van der Waals surface area contributed by atoms with E-state index in [9.17, 15) is 4.79 Å². The Morgan fingerprint density at radius 2 is 1.94 bits per heavy atom. The molecule has 2 aromatic heterocycles. The molecule has 7 nitrogen and oxygen atoms in total. The number of hydrogen-bond acceptors (Lipinski definition) is 5. The van der Waals surface area contributed by atoms with Crippen molar-refractivity contribution in [3.8, 4) is 23.1 Å². The predicted octanol–water partition coefficient (Wildman–Crippen LogP) is 5.00. The van der Waals surface area contributed by atoms with Crippen molar-refractivity contribution in [2.24, 2.45) is 0 Å². The second kappa shape index (κ2) is 9.67. The minimum absolute atomic E-state index is 0.113. The predicted molar refractivity (Wildman–Crippen MR) is 119 cm³/mol. The van der Waals surface area contributed by atoms with Crippen LogP contribution < -0.4 is 10.1 Å². The number of furan rings is 1. The van der Waals surface area contributed by atoms with Crippen LogP contribution in [0.4, 0.5) is 0 Å². The van der Waals surface area contributed by atoms with Gasteiger partial charge >= 0.3 is 0 Å². The van der Waals surface area contributed by atoms with Gasteiger partial charge in [-0.25, -0.2) is 4.98 Å². The Labute approximate surface area is 185 Å². The van der Waals surface area contributed by atoms with Crippen molar-refractivity contribution in [1.82, 2.24) is 15.3 Å². The standard InChI is InChI=1S/C25H22N4O3/c1-2-20(24-27-15-21(28-24)17-8-4-3-5-9-17)29-25(30)23-13-12-19(32-23)16-31-22-11-7-6-10-18(22)14-26/h3-13,15,20H,2,16H2,1H3,(H,27,28)(H,29,30). The van der Waals surface area contributed by atoms with Gasteiger partial charge in [0.05, 0.1) is 23.5 Å². The van der Waals surface area contributed by atoms with Crippen LogP contribution in [0.1, 0.15) is 47.1 Å². The van der Waals surface area contributed by atoms with Crippen molar-refractivity contribution in [3.63, 3.8) is 0 Å². The van der Waals surface area contributed by atoms with E-state index < -0.39 is 0 Å². The maximum absolute atomic E-state index is 12.7. The van der Waals surface area contributed by atoms with Crippen LogP contribution in [0.2, 0.25) is 0 Å². The number of nitriles is 1. The zero-order valence-electron chi connectivity index (χ0n) is 17.5. The molecular formula is C25H22N4O3. The van der Waals surface area contributed by atoms with Crippen LogP contribution in [0.25, 0.3) is 11.3 Å². The van der Waals surface area contributed by atoms with Crippen LogP contribution in [0.15, 0.2) is 77.3 Å². The van der Waals surface area contributed by atoms with Gasteiger partial charge in [0.15, 0.2) is 5.76 Å². The fraction of sp³-hybridized carbons (Fsp3) is 0.160. The minimum atomic E-state index is -0.335. The lowest BCUT2D eigenvalue weighted by molar-refractivity contribution is 0.0901. The molecule has 1 amide bonds. The SMILES string of the molecule is CCC(NC(=O)c1ccc(COc2ccccc2C#N)o1)c1ncc(-c2ccccc2)[nH]1. The van der Waals surface area contributed by atoms with Gasteiger partial charge in [-0.05, 0) is 36.2 Å². The third kappa shape index (κ3) is 4.71. The summed E-state index contributed by atoms with van der Waals surface area (Å²) in [6, 6.07) is 21.9. The molecule has 0 saturated carbocycles. The van der Waals surface area contributed by atoms with Crippen molar-refractivity contribution in [2.45, 2.75) is 26.0 Å². The maximum atomic E-state index is 12.7. The third-order valence-corrected chi connectivity index (χ3v) is 4.99. The number of nitrogens with zero attached hydrogens (tertiary/aromatic N) is 2. The number of ether oxygens (including phenoxy) is 1. The molecule has 2 N–H and O–H groups in total. The number of rotatable bonds is 8. The molecule has 0 saturated heterocycles. The molecule has 0 aliphatic heterocycles. The molecule has 4 aromatic rings. The van der Waals surface area contributed by atoms with Gasteiger partial charge in [-0.2, -0.15) is 5.26 Å². The van der Waals surface area contributed by atoms with Crippen molar-refractivity contribution in [3.05, 3.63) is 95.8 Å². The number of para-hydroxylation sites is 1. The molecule has 2 aromatic carbocycles. The molecule has 1 unspecified atom stereocenters. The summed E-state index contributed by atoms with van der Waals surface area (Å²) in [4.78, 5) is 20.5. The second-order valence-corrected chi connectivity index (χ2v) is 7.15. The number of carbonyl (C=O) groups is 1. The zero-order valence-corrected chi connectivity index (χ0v) is 17.5. The monoisotopic (exact) mass is 426 g/mol. The fourth-order valence-corrected chi connectivity index (χ4v) is 3.28. The first-order valence-electron chi connectivity index (χ1n) is 10.3. The summed E-state index contributed by atoms with van der Waals surface area (Å²) in [5.74, 6) is 1.49. The van der Waals surface area contributed by atoms with Gasteiger partial charge in [-0.3, -0.25) is 4.79 Å².